The predicted molar refractivity (Wildman–Crippen MR) is 96.9 cm³/mol. The molecule has 0 spiro atoms. The van der Waals surface area contributed by atoms with Gasteiger partial charge < -0.3 is 5.11 Å². The van der Waals surface area contributed by atoms with Gasteiger partial charge in [0.25, 0.3) is 0 Å². The lowest BCUT2D eigenvalue weighted by molar-refractivity contribution is -0.144. The number of rotatable bonds is 2. The van der Waals surface area contributed by atoms with Crippen molar-refractivity contribution >= 4 is 11.6 Å². The smallest absolute Gasteiger partial charge is 0.167 e. The van der Waals surface area contributed by atoms with Crippen LogP contribution in [0.5, 0.6) is 0 Å². The van der Waals surface area contributed by atoms with Crippen LogP contribution in [0.15, 0.2) is 22.8 Å². The molecule has 2 fully saturated rings. The second-order valence-corrected chi connectivity index (χ2v) is 9.22. The van der Waals surface area contributed by atoms with E-state index in [1.165, 1.54) is 11.1 Å². The van der Waals surface area contributed by atoms with Crippen LogP contribution in [0.25, 0.3) is 0 Å². The first-order valence-corrected chi connectivity index (χ1v) is 9.96. The van der Waals surface area contributed by atoms with Crippen LogP contribution in [-0.2, 0) is 9.59 Å². The molecule has 0 saturated heterocycles. The minimum atomic E-state index is -0.870. The van der Waals surface area contributed by atoms with Gasteiger partial charge in [0.05, 0.1) is 0 Å². The Morgan fingerprint density at radius 2 is 1.92 bits per heavy atom. The van der Waals surface area contributed by atoms with Gasteiger partial charge in [-0.2, -0.15) is 0 Å². The summed E-state index contributed by atoms with van der Waals surface area (Å²) < 4.78 is 0. The van der Waals surface area contributed by atoms with Gasteiger partial charge in [0.15, 0.2) is 11.6 Å². The monoisotopic (exact) mass is 342 g/mol. The Balaban J connectivity index is 1.72. The predicted octanol–water partition coefficient (Wildman–Crippen LogP) is 4.15. The number of fused-ring (bicyclic) bond motifs is 4. The Bertz CT molecular complexity index is 698. The number of Topliss-reactive ketones (excluding diaryl/α,β-unsaturated/α-hetero) is 1. The number of ketones is 2. The summed E-state index contributed by atoms with van der Waals surface area (Å²) in [6.07, 6.45) is 8.82. The molecule has 0 aromatic carbocycles. The summed E-state index contributed by atoms with van der Waals surface area (Å²) in [5.41, 5.74) is 3.96. The molecule has 0 radical (unpaired) electrons. The highest BCUT2D eigenvalue weighted by atomic mass is 16.3. The summed E-state index contributed by atoms with van der Waals surface area (Å²) in [5.74, 6) is 1.43. The van der Waals surface area contributed by atoms with Crippen LogP contribution in [0.4, 0.5) is 0 Å². The molecule has 0 bridgehead atoms. The maximum Gasteiger partial charge on any atom is 0.167 e. The Kier molecular flexibility index (Phi) is 3.88. The zero-order valence-electron chi connectivity index (χ0n) is 15.7. The summed E-state index contributed by atoms with van der Waals surface area (Å²) in [7, 11) is 0. The van der Waals surface area contributed by atoms with Gasteiger partial charge in [-0.3, -0.25) is 9.59 Å². The quantitative estimate of drug-likeness (QED) is 0.820. The third-order valence-electron chi connectivity index (χ3n) is 8.26. The van der Waals surface area contributed by atoms with E-state index >= 15 is 0 Å². The largest absolute Gasteiger partial charge is 0.386 e. The molecule has 0 aromatic heterocycles. The van der Waals surface area contributed by atoms with E-state index in [0.717, 1.165) is 44.9 Å². The van der Waals surface area contributed by atoms with Crippen LogP contribution in [-0.4, -0.2) is 22.8 Å². The van der Waals surface area contributed by atoms with Crippen molar-refractivity contribution in [3.05, 3.63) is 22.8 Å². The molecule has 25 heavy (non-hydrogen) atoms. The van der Waals surface area contributed by atoms with Crippen molar-refractivity contribution in [2.45, 2.75) is 78.2 Å². The molecule has 5 atom stereocenters. The lowest BCUT2D eigenvalue weighted by Crippen LogP contribution is -2.50. The average molecular weight is 342 g/mol. The molecule has 0 aliphatic heterocycles. The molecule has 3 heteroatoms. The minimum Gasteiger partial charge on any atom is -0.386 e. The Morgan fingerprint density at radius 1 is 1.16 bits per heavy atom. The van der Waals surface area contributed by atoms with Gasteiger partial charge in [-0.25, -0.2) is 0 Å². The first kappa shape index (κ1) is 17.2. The maximum absolute atomic E-state index is 12.8. The first-order valence-electron chi connectivity index (χ1n) is 9.96. The van der Waals surface area contributed by atoms with Crippen LogP contribution >= 0.6 is 0 Å². The maximum atomic E-state index is 12.8. The topological polar surface area (TPSA) is 54.4 Å². The van der Waals surface area contributed by atoms with Gasteiger partial charge in [-0.05, 0) is 86.3 Å². The van der Waals surface area contributed by atoms with Gasteiger partial charge in [0.2, 0.25) is 0 Å². The summed E-state index contributed by atoms with van der Waals surface area (Å²) in [5, 5.41) is 9.96. The Morgan fingerprint density at radius 3 is 2.64 bits per heavy atom. The first-order chi connectivity index (χ1) is 11.8. The molecule has 0 aromatic rings. The van der Waals surface area contributed by atoms with E-state index in [1.54, 1.807) is 12.5 Å². The zero-order valence-corrected chi connectivity index (χ0v) is 15.7. The van der Waals surface area contributed by atoms with Crippen molar-refractivity contribution in [1.82, 2.24) is 0 Å². The van der Waals surface area contributed by atoms with E-state index < -0.39 is 11.5 Å². The number of carbonyl (C=O) groups excluding carboxylic acids is 2. The molecule has 0 amide bonds. The van der Waals surface area contributed by atoms with E-state index in [9.17, 15) is 14.7 Å². The summed E-state index contributed by atoms with van der Waals surface area (Å²) in [6, 6.07) is 0. The lowest BCUT2D eigenvalue weighted by atomic mass is 9.51. The fourth-order valence-electron chi connectivity index (χ4n) is 6.67. The van der Waals surface area contributed by atoms with Crippen molar-refractivity contribution < 1.29 is 14.7 Å². The van der Waals surface area contributed by atoms with Gasteiger partial charge in [0, 0.05) is 11.8 Å². The minimum absolute atomic E-state index is 0.0124. The molecule has 1 N–H and O–H groups in total. The molecule has 4 rings (SSSR count). The fourth-order valence-corrected chi connectivity index (χ4v) is 6.67. The van der Waals surface area contributed by atoms with Crippen molar-refractivity contribution in [2.75, 3.05) is 0 Å². The standard InChI is InChI=1S/C22H30O3/c1-13(23)20(25)22(3)11-9-19-18-6-4-14-12-15(24)5-7-16(14)17(18)8-10-21(19,22)2/h12-13,18-19,23H,4-11H2,1-3H3/t13-,18+,19-,21-,22?/m0/s1. The normalized spacial score (nSPS) is 41.6. The van der Waals surface area contributed by atoms with E-state index in [0.29, 0.717) is 18.3 Å². The third-order valence-corrected chi connectivity index (χ3v) is 8.26. The second kappa shape index (κ2) is 5.64. The van der Waals surface area contributed by atoms with Crippen LogP contribution in [0.3, 0.4) is 0 Å². The van der Waals surface area contributed by atoms with E-state index in [4.69, 9.17) is 0 Å². The highest BCUT2D eigenvalue weighted by Crippen LogP contribution is 2.67. The van der Waals surface area contributed by atoms with Crippen LogP contribution in [0.1, 0.15) is 72.1 Å². The Hall–Kier alpha value is -1.22. The van der Waals surface area contributed by atoms with Crippen molar-refractivity contribution in [3.63, 3.8) is 0 Å². The van der Waals surface area contributed by atoms with Gasteiger partial charge in [-0.1, -0.05) is 19.4 Å². The van der Waals surface area contributed by atoms with Crippen molar-refractivity contribution in [3.8, 4) is 0 Å². The highest BCUT2D eigenvalue weighted by molar-refractivity contribution is 5.93. The van der Waals surface area contributed by atoms with Crippen molar-refractivity contribution in [2.24, 2.45) is 22.7 Å². The number of hydrogen-bond donors (Lipinski definition) is 1. The SMILES string of the molecule is C[C@H](O)C(=O)C1(C)CC[C@H]2[C@@H]3CCC4=CC(=O)CCC4=C3CC[C@@]21C. The highest BCUT2D eigenvalue weighted by Gasteiger charge is 2.62. The van der Waals surface area contributed by atoms with E-state index in [-0.39, 0.29) is 17.0 Å². The summed E-state index contributed by atoms with van der Waals surface area (Å²) in [6.45, 7) is 6.03. The van der Waals surface area contributed by atoms with Gasteiger partial charge >= 0.3 is 0 Å². The van der Waals surface area contributed by atoms with E-state index in [1.807, 2.05) is 6.08 Å². The van der Waals surface area contributed by atoms with Crippen LogP contribution in [0, 0.1) is 22.7 Å². The van der Waals surface area contributed by atoms with Gasteiger partial charge in [0.1, 0.15) is 6.10 Å². The second-order valence-electron chi connectivity index (χ2n) is 9.22. The van der Waals surface area contributed by atoms with Gasteiger partial charge in [-0.15, -0.1) is 0 Å². The molecule has 2 saturated carbocycles. The average Bonchev–Trinajstić information content (AvgIpc) is 2.86. The number of aliphatic hydroxyl groups is 1. The molecule has 3 nitrogen and oxygen atoms in total. The number of aliphatic hydroxyl groups excluding tert-OH is 1. The van der Waals surface area contributed by atoms with Crippen molar-refractivity contribution in [1.29, 1.82) is 0 Å². The van der Waals surface area contributed by atoms with Crippen LogP contribution in [0.2, 0.25) is 0 Å². The molecule has 0 heterocycles. The molecule has 1 unspecified atom stereocenters. The number of allylic oxidation sites excluding steroid dienone is 4. The third kappa shape index (κ3) is 2.27. The van der Waals surface area contributed by atoms with E-state index in [2.05, 4.69) is 13.8 Å². The summed E-state index contributed by atoms with van der Waals surface area (Å²) >= 11 is 0. The van der Waals surface area contributed by atoms with Crippen LogP contribution < -0.4 is 0 Å². The molecule has 136 valence electrons. The Labute approximate surface area is 150 Å². The number of carbonyl (C=O) groups is 2. The molecular formula is C22H30O3. The molecular weight excluding hydrogens is 312 g/mol. The lowest BCUT2D eigenvalue weighted by Gasteiger charge is -2.52. The fraction of sp³-hybridized carbons (Fsp3) is 0.727. The molecule has 4 aliphatic carbocycles. The number of hydrogen-bond acceptors (Lipinski definition) is 3. The zero-order chi connectivity index (χ0) is 18.0. The summed E-state index contributed by atoms with van der Waals surface area (Å²) in [4.78, 5) is 24.6. The molecule has 4 aliphatic rings.